The van der Waals surface area contributed by atoms with Crippen LogP contribution in [-0.4, -0.2) is 35.6 Å². The number of rotatable bonds is 4. The molecule has 2 N–H and O–H groups in total. The van der Waals surface area contributed by atoms with Gasteiger partial charge in [0.1, 0.15) is 5.75 Å². The monoisotopic (exact) mass is 320 g/mol. The van der Waals surface area contributed by atoms with Gasteiger partial charge in [0.15, 0.2) is 0 Å². The molecular weight excluding hydrogens is 300 g/mol. The Morgan fingerprint density at radius 3 is 2.58 bits per heavy atom. The number of aromatic amines is 1. The van der Waals surface area contributed by atoms with Crippen LogP contribution in [0.25, 0.3) is 28.0 Å². The minimum absolute atomic E-state index is 0.114. The predicted molar refractivity (Wildman–Crippen MR) is 99.3 cm³/mol. The molecule has 1 aromatic heterocycles. The zero-order valence-corrected chi connectivity index (χ0v) is 13.8. The van der Waals surface area contributed by atoms with Gasteiger partial charge in [0.05, 0.1) is 5.39 Å². The molecule has 1 heterocycles. The molecule has 0 amide bonds. The maximum atomic E-state index is 12.0. The molecule has 0 aliphatic carbocycles. The Morgan fingerprint density at radius 1 is 1.12 bits per heavy atom. The lowest BCUT2D eigenvalue weighted by atomic mass is 9.99. The highest BCUT2D eigenvalue weighted by atomic mass is 16.3. The summed E-state index contributed by atoms with van der Waals surface area (Å²) in [4.78, 5) is 16.8. The van der Waals surface area contributed by atoms with E-state index in [9.17, 15) is 9.90 Å². The van der Waals surface area contributed by atoms with E-state index in [1.54, 1.807) is 24.4 Å². The van der Waals surface area contributed by atoms with E-state index in [2.05, 4.69) is 22.0 Å². The first-order chi connectivity index (χ1) is 11.6. The Kier molecular flexibility index (Phi) is 4.49. The van der Waals surface area contributed by atoms with Crippen molar-refractivity contribution in [2.75, 3.05) is 20.6 Å². The first-order valence-corrected chi connectivity index (χ1v) is 7.81. The fraction of sp³-hybridized carbons (Fsp3) is 0.150. The summed E-state index contributed by atoms with van der Waals surface area (Å²) in [6.45, 7) is 0.889. The van der Waals surface area contributed by atoms with Crippen LogP contribution in [0.2, 0.25) is 0 Å². The minimum atomic E-state index is -0.201. The fourth-order valence-electron chi connectivity index (χ4n) is 2.70. The summed E-state index contributed by atoms with van der Waals surface area (Å²) in [7, 11) is 4.06. The van der Waals surface area contributed by atoms with E-state index in [0.29, 0.717) is 10.8 Å². The van der Waals surface area contributed by atoms with Crippen LogP contribution in [0, 0.1) is 0 Å². The SMILES string of the molecule is CN(C)C/C=C/c1ccc(-c2c[nH]c(=O)c3cccc(O)c23)cc1. The molecular formula is C20H20N2O2. The van der Waals surface area contributed by atoms with Gasteiger partial charge >= 0.3 is 0 Å². The Hall–Kier alpha value is -2.85. The molecule has 0 atom stereocenters. The number of nitrogens with zero attached hydrogens (tertiary/aromatic N) is 1. The standard InChI is InChI=1S/C20H20N2O2/c1-22(2)12-4-5-14-8-10-15(11-9-14)17-13-21-20(24)16-6-3-7-18(23)19(16)17/h3-11,13,23H,12H2,1-2H3,(H,21,24)/b5-4+. The van der Waals surface area contributed by atoms with Gasteiger partial charge in [-0.3, -0.25) is 4.79 Å². The number of aromatic hydroxyl groups is 1. The van der Waals surface area contributed by atoms with E-state index in [-0.39, 0.29) is 11.3 Å². The van der Waals surface area contributed by atoms with E-state index in [0.717, 1.165) is 23.2 Å². The van der Waals surface area contributed by atoms with Crippen LogP contribution in [0.4, 0.5) is 0 Å². The summed E-state index contributed by atoms with van der Waals surface area (Å²) in [6, 6.07) is 13.0. The molecule has 3 rings (SSSR count). The Labute approximate surface area is 140 Å². The number of phenolic OH excluding ortho intramolecular Hbond substituents is 1. The zero-order valence-electron chi connectivity index (χ0n) is 13.8. The lowest BCUT2D eigenvalue weighted by Crippen LogP contribution is -2.10. The van der Waals surface area contributed by atoms with Gasteiger partial charge in [-0.05, 0) is 37.4 Å². The van der Waals surface area contributed by atoms with E-state index in [1.807, 2.05) is 38.4 Å². The van der Waals surface area contributed by atoms with Crippen molar-refractivity contribution in [3.8, 4) is 16.9 Å². The molecule has 24 heavy (non-hydrogen) atoms. The van der Waals surface area contributed by atoms with Crippen molar-refractivity contribution in [3.05, 3.63) is 70.7 Å². The maximum Gasteiger partial charge on any atom is 0.255 e. The van der Waals surface area contributed by atoms with Gasteiger partial charge in [0.25, 0.3) is 5.56 Å². The number of phenols is 1. The molecule has 0 aliphatic rings. The van der Waals surface area contributed by atoms with Crippen molar-refractivity contribution in [1.29, 1.82) is 0 Å². The van der Waals surface area contributed by atoms with Gasteiger partial charge in [-0.25, -0.2) is 0 Å². The van der Waals surface area contributed by atoms with E-state index in [4.69, 9.17) is 0 Å². The topological polar surface area (TPSA) is 56.3 Å². The summed E-state index contributed by atoms with van der Waals surface area (Å²) in [5.41, 5.74) is 2.67. The fourth-order valence-corrected chi connectivity index (χ4v) is 2.70. The average Bonchev–Trinajstić information content (AvgIpc) is 2.56. The maximum absolute atomic E-state index is 12.0. The van der Waals surface area contributed by atoms with Gasteiger partial charge in [-0.2, -0.15) is 0 Å². The first-order valence-electron chi connectivity index (χ1n) is 7.81. The highest BCUT2D eigenvalue weighted by Crippen LogP contribution is 2.32. The molecule has 0 aliphatic heterocycles. The molecule has 0 saturated carbocycles. The van der Waals surface area contributed by atoms with Crippen LogP contribution < -0.4 is 5.56 Å². The van der Waals surface area contributed by atoms with E-state index in [1.165, 1.54) is 0 Å². The molecule has 0 spiro atoms. The molecule has 0 saturated heterocycles. The number of nitrogens with one attached hydrogen (secondary N) is 1. The smallest absolute Gasteiger partial charge is 0.255 e. The highest BCUT2D eigenvalue weighted by molar-refractivity contribution is 5.99. The number of hydrogen-bond donors (Lipinski definition) is 2. The quantitative estimate of drug-likeness (QED) is 0.774. The van der Waals surface area contributed by atoms with Crippen molar-refractivity contribution < 1.29 is 5.11 Å². The molecule has 4 nitrogen and oxygen atoms in total. The second kappa shape index (κ2) is 6.72. The van der Waals surface area contributed by atoms with E-state index < -0.39 is 0 Å². The molecule has 122 valence electrons. The van der Waals surface area contributed by atoms with Crippen molar-refractivity contribution in [3.63, 3.8) is 0 Å². The van der Waals surface area contributed by atoms with Gasteiger partial charge < -0.3 is 15.0 Å². The Bertz CT molecular complexity index is 938. The number of hydrogen-bond acceptors (Lipinski definition) is 3. The largest absolute Gasteiger partial charge is 0.507 e. The Morgan fingerprint density at radius 2 is 1.88 bits per heavy atom. The third kappa shape index (κ3) is 3.24. The van der Waals surface area contributed by atoms with Crippen LogP contribution in [0.15, 0.2) is 59.5 Å². The van der Waals surface area contributed by atoms with Crippen LogP contribution in [0.1, 0.15) is 5.56 Å². The van der Waals surface area contributed by atoms with Crippen molar-refractivity contribution in [2.45, 2.75) is 0 Å². The first kappa shape index (κ1) is 16.0. The lowest BCUT2D eigenvalue weighted by molar-refractivity contribution is 0.457. The zero-order chi connectivity index (χ0) is 17.1. The number of pyridine rings is 1. The van der Waals surface area contributed by atoms with Gasteiger partial charge in [-0.15, -0.1) is 0 Å². The predicted octanol–water partition coefficient (Wildman–Crippen LogP) is 3.48. The van der Waals surface area contributed by atoms with Gasteiger partial charge in [0.2, 0.25) is 0 Å². The highest BCUT2D eigenvalue weighted by Gasteiger charge is 2.10. The normalized spacial score (nSPS) is 11.6. The third-order valence-corrected chi connectivity index (χ3v) is 3.91. The molecule has 0 unspecified atom stereocenters. The second-order valence-corrected chi connectivity index (χ2v) is 6.02. The van der Waals surface area contributed by atoms with Crippen molar-refractivity contribution >= 4 is 16.8 Å². The molecule has 0 radical (unpaired) electrons. The van der Waals surface area contributed by atoms with Crippen LogP contribution in [-0.2, 0) is 0 Å². The van der Waals surface area contributed by atoms with Crippen molar-refractivity contribution in [1.82, 2.24) is 9.88 Å². The lowest BCUT2D eigenvalue weighted by Gasteiger charge is -2.08. The molecule has 4 heteroatoms. The van der Waals surface area contributed by atoms with Crippen molar-refractivity contribution in [2.24, 2.45) is 0 Å². The molecule has 3 aromatic rings. The summed E-state index contributed by atoms with van der Waals surface area (Å²) in [6.07, 6.45) is 5.84. The number of aromatic nitrogens is 1. The number of likely N-dealkylation sites (N-methyl/N-ethyl adjacent to an activating group) is 1. The average molecular weight is 320 g/mol. The third-order valence-electron chi connectivity index (χ3n) is 3.91. The summed E-state index contributed by atoms with van der Waals surface area (Å²) in [5.74, 6) is 0.114. The van der Waals surface area contributed by atoms with Crippen LogP contribution >= 0.6 is 0 Å². The molecule has 2 aromatic carbocycles. The van der Waals surface area contributed by atoms with Gasteiger partial charge in [0, 0.05) is 23.7 Å². The van der Waals surface area contributed by atoms with Crippen LogP contribution in [0.3, 0.4) is 0 Å². The number of fused-ring (bicyclic) bond motifs is 1. The summed E-state index contributed by atoms with van der Waals surface area (Å²) >= 11 is 0. The van der Waals surface area contributed by atoms with Gasteiger partial charge in [-0.1, -0.05) is 42.5 Å². The second-order valence-electron chi connectivity index (χ2n) is 6.02. The summed E-state index contributed by atoms with van der Waals surface area (Å²) < 4.78 is 0. The Balaban J connectivity index is 2.01. The molecule has 0 fully saturated rings. The minimum Gasteiger partial charge on any atom is -0.507 e. The molecule has 0 bridgehead atoms. The number of benzene rings is 2. The number of H-pyrrole nitrogens is 1. The van der Waals surface area contributed by atoms with E-state index >= 15 is 0 Å². The van der Waals surface area contributed by atoms with Crippen LogP contribution in [0.5, 0.6) is 5.75 Å². The summed E-state index contributed by atoms with van der Waals surface area (Å²) in [5, 5.41) is 11.3.